The van der Waals surface area contributed by atoms with E-state index < -0.39 is 0 Å². The topological polar surface area (TPSA) is 37.4 Å². The van der Waals surface area contributed by atoms with Gasteiger partial charge < -0.3 is 15.0 Å². The maximum atomic E-state index is 13.3. The fourth-order valence-electron chi connectivity index (χ4n) is 1.88. The van der Waals surface area contributed by atoms with Crippen molar-refractivity contribution in [1.82, 2.24) is 10.3 Å². The second-order valence-electron chi connectivity index (χ2n) is 5.15. The molecule has 0 saturated carbocycles. The number of aromatic nitrogens is 1. The van der Waals surface area contributed by atoms with Crippen LogP contribution in [0.1, 0.15) is 32.8 Å². The summed E-state index contributed by atoms with van der Waals surface area (Å²) in [6.45, 7) is 9.03. The first-order valence-corrected chi connectivity index (χ1v) is 7.22. The van der Waals surface area contributed by atoms with Crippen molar-refractivity contribution < 1.29 is 9.13 Å². The fourth-order valence-corrected chi connectivity index (χ4v) is 1.88. The Labute approximate surface area is 121 Å². The molecule has 0 amide bonds. The lowest BCUT2D eigenvalue weighted by atomic mass is 10.2. The van der Waals surface area contributed by atoms with Gasteiger partial charge in [0.2, 0.25) is 0 Å². The van der Waals surface area contributed by atoms with E-state index in [0.717, 1.165) is 30.9 Å². The van der Waals surface area contributed by atoms with Gasteiger partial charge in [-0.1, -0.05) is 6.92 Å². The second-order valence-corrected chi connectivity index (χ2v) is 5.15. The summed E-state index contributed by atoms with van der Waals surface area (Å²) in [4.78, 5) is 6.21. The predicted molar refractivity (Wildman–Crippen MR) is 80.6 cm³/mol. The van der Waals surface area contributed by atoms with Crippen LogP contribution in [0.25, 0.3) is 0 Å². The first-order chi connectivity index (χ1) is 9.54. The molecular weight excluding hydrogens is 257 g/mol. The maximum absolute atomic E-state index is 13.3. The van der Waals surface area contributed by atoms with E-state index in [4.69, 9.17) is 4.74 Å². The zero-order valence-electron chi connectivity index (χ0n) is 12.9. The lowest BCUT2D eigenvalue weighted by Gasteiger charge is -2.22. The van der Waals surface area contributed by atoms with Crippen LogP contribution in [-0.2, 0) is 11.3 Å². The minimum atomic E-state index is -0.297. The van der Waals surface area contributed by atoms with Crippen LogP contribution in [0.15, 0.2) is 12.3 Å². The molecule has 0 aromatic carbocycles. The van der Waals surface area contributed by atoms with Crippen molar-refractivity contribution in [3.63, 3.8) is 0 Å². The molecule has 0 atom stereocenters. The Morgan fingerprint density at radius 3 is 2.85 bits per heavy atom. The summed E-state index contributed by atoms with van der Waals surface area (Å²) in [5.41, 5.74) is 0.880. The summed E-state index contributed by atoms with van der Waals surface area (Å²) in [5.74, 6) is 0.510. The highest BCUT2D eigenvalue weighted by Gasteiger charge is 2.10. The molecule has 114 valence electrons. The molecule has 1 rings (SSSR count). The number of hydrogen-bond donors (Lipinski definition) is 1. The number of rotatable bonds is 9. The van der Waals surface area contributed by atoms with E-state index in [2.05, 4.69) is 17.2 Å². The molecule has 0 aliphatic carbocycles. The van der Waals surface area contributed by atoms with E-state index in [0.29, 0.717) is 13.2 Å². The predicted octanol–water partition coefficient (Wildman–Crippen LogP) is 2.58. The third-order valence-electron chi connectivity index (χ3n) is 2.89. The van der Waals surface area contributed by atoms with Crippen LogP contribution in [0.2, 0.25) is 0 Å². The SMILES string of the molecule is CCCNCc1cc(F)cnc1N(C)CCOC(C)C. The van der Waals surface area contributed by atoms with Gasteiger partial charge in [-0.25, -0.2) is 9.37 Å². The number of likely N-dealkylation sites (N-methyl/N-ethyl adjacent to an activating group) is 1. The minimum absolute atomic E-state index is 0.218. The highest BCUT2D eigenvalue weighted by molar-refractivity contribution is 5.46. The fraction of sp³-hybridized carbons (Fsp3) is 0.667. The lowest BCUT2D eigenvalue weighted by molar-refractivity contribution is 0.0845. The summed E-state index contributed by atoms with van der Waals surface area (Å²) in [5, 5.41) is 3.28. The highest BCUT2D eigenvalue weighted by atomic mass is 19.1. The van der Waals surface area contributed by atoms with Gasteiger partial charge in [-0.15, -0.1) is 0 Å². The van der Waals surface area contributed by atoms with Crippen molar-refractivity contribution >= 4 is 5.82 Å². The van der Waals surface area contributed by atoms with E-state index >= 15 is 0 Å². The van der Waals surface area contributed by atoms with Gasteiger partial charge in [-0.3, -0.25) is 0 Å². The van der Waals surface area contributed by atoms with Gasteiger partial charge in [-0.2, -0.15) is 0 Å². The van der Waals surface area contributed by atoms with E-state index in [9.17, 15) is 4.39 Å². The van der Waals surface area contributed by atoms with Crippen molar-refractivity contribution in [2.45, 2.75) is 39.8 Å². The zero-order valence-corrected chi connectivity index (χ0v) is 12.9. The van der Waals surface area contributed by atoms with Gasteiger partial charge in [0.1, 0.15) is 11.6 Å². The van der Waals surface area contributed by atoms with Crippen LogP contribution in [0, 0.1) is 5.82 Å². The Morgan fingerprint density at radius 2 is 2.20 bits per heavy atom. The van der Waals surface area contributed by atoms with Crippen LogP contribution in [0.4, 0.5) is 10.2 Å². The number of nitrogens with zero attached hydrogens (tertiary/aromatic N) is 2. The van der Waals surface area contributed by atoms with Gasteiger partial charge in [0.25, 0.3) is 0 Å². The number of hydrogen-bond acceptors (Lipinski definition) is 4. The molecule has 0 aliphatic heterocycles. The van der Waals surface area contributed by atoms with E-state index in [-0.39, 0.29) is 11.9 Å². The largest absolute Gasteiger partial charge is 0.377 e. The van der Waals surface area contributed by atoms with Crippen molar-refractivity contribution in [1.29, 1.82) is 0 Å². The normalized spacial score (nSPS) is 11.1. The first-order valence-electron chi connectivity index (χ1n) is 7.22. The Kier molecular flexibility index (Phi) is 7.47. The number of pyridine rings is 1. The molecule has 0 spiro atoms. The van der Waals surface area contributed by atoms with Gasteiger partial charge in [-0.05, 0) is 32.9 Å². The Balaban J connectivity index is 2.66. The summed E-state index contributed by atoms with van der Waals surface area (Å²) in [6.07, 6.45) is 2.53. The van der Waals surface area contributed by atoms with Crippen LogP contribution in [0.5, 0.6) is 0 Å². The molecule has 0 radical (unpaired) electrons. The Hall–Kier alpha value is -1.20. The molecule has 0 saturated heterocycles. The third kappa shape index (κ3) is 5.84. The standard InChI is InChI=1S/C15H26FN3O/c1-5-6-17-10-13-9-14(16)11-18-15(13)19(4)7-8-20-12(2)3/h9,11-12,17H,5-8,10H2,1-4H3. The average Bonchev–Trinajstić information content (AvgIpc) is 2.38. The second kappa shape index (κ2) is 8.87. The van der Waals surface area contributed by atoms with Crippen LogP contribution >= 0.6 is 0 Å². The van der Waals surface area contributed by atoms with E-state index in [1.54, 1.807) is 6.07 Å². The number of ether oxygens (including phenoxy) is 1. The van der Waals surface area contributed by atoms with E-state index in [1.165, 1.54) is 6.20 Å². The van der Waals surface area contributed by atoms with Crippen molar-refractivity contribution in [2.24, 2.45) is 0 Å². The van der Waals surface area contributed by atoms with Crippen molar-refractivity contribution in [2.75, 3.05) is 31.6 Å². The summed E-state index contributed by atoms with van der Waals surface area (Å²) < 4.78 is 18.9. The molecule has 1 aromatic rings. The molecule has 4 nitrogen and oxygen atoms in total. The first kappa shape index (κ1) is 16.9. The van der Waals surface area contributed by atoms with E-state index in [1.807, 2.05) is 25.8 Å². The van der Waals surface area contributed by atoms with Crippen molar-refractivity contribution in [3.05, 3.63) is 23.6 Å². The third-order valence-corrected chi connectivity index (χ3v) is 2.89. The molecule has 0 unspecified atom stereocenters. The quantitative estimate of drug-likeness (QED) is 0.707. The molecular formula is C15H26FN3O. The van der Waals surface area contributed by atoms with Gasteiger partial charge in [0.05, 0.1) is 18.9 Å². The summed E-state index contributed by atoms with van der Waals surface area (Å²) >= 11 is 0. The van der Waals surface area contributed by atoms with Gasteiger partial charge in [0.15, 0.2) is 0 Å². The zero-order chi connectivity index (χ0) is 15.0. The maximum Gasteiger partial charge on any atom is 0.141 e. The van der Waals surface area contributed by atoms with Crippen molar-refractivity contribution in [3.8, 4) is 0 Å². The molecule has 5 heteroatoms. The lowest BCUT2D eigenvalue weighted by Crippen LogP contribution is -2.27. The molecule has 0 bridgehead atoms. The number of nitrogens with one attached hydrogen (secondary N) is 1. The Morgan fingerprint density at radius 1 is 1.45 bits per heavy atom. The number of halogens is 1. The molecule has 0 fully saturated rings. The minimum Gasteiger partial charge on any atom is -0.377 e. The molecule has 1 heterocycles. The van der Waals surface area contributed by atoms with Crippen LogP contribution in [-0.4, -0.2) is 37.8 Å². The Bertz CT molecular complexity index is 399. The van der Waals surface area contributed by atoms with Crippen LogP contribution < -0.4 is 10.2 Å². The summed E-state index contributed by atoms with van der Waals surface area (Å²) in [6, 6.07) is 1.55. The number of anilines is 1. The smallest absolute Gasteiger partial charge is 0.141 e. The van der Waals surface area contributed by atoms with Gasteiger partial charge >= 0.3 is 0 Å². The monoisotopic (exact) mass is 283 g/mol. The average molecular weight is 283 g/mol. The van der Waals surface area contributed by atoms with Crippen LogP contribution in [0.3, 0.4) is 0 Å². The molecule has 0 aliphatic rings. The molecule has 1 N–H and O–H groups in total. The summed E-state index contributed by atoms with van der Waals surface area (Å²) in [7, 11) is 1.95. The highest BCUT2D eigenvalue weighted by Crippen LogP contribution is 2.17. The molecule has 20 heavy (non-hydrogen) atoms. The van der Waals surface area contributed by atoms with Gasteiger partial charge in [0, 0.05) is 25.7 Å². The molecule has 1 aromatic heterocycles.